The number of hydrogen-bond acceptors (Lipinski definition) is 3. The average Bonchev–Trinajstić information content (AvgIpc) is 2.38. The molecule has 0 atom stereocenters. The highest BCUT2D eigenvalue weighted by molar-refractivity contribution is 5.94. The van der Waals surface area contributed by atoms with Crippen molar-refractivity contribution in [3.8, 4) is 0 Å². The quantitative estimate of drug-likeness (QED) is 0.840. The van der Waals surface area contributed by atoms with Crippen molar-refractivity contribution < 1.29 is 9.53 Å². The molecule has 4 heteroatoms. The normalized spacial score (nSPS) is 21.1. The maximum atomic E-state index is 11.8. The molecule has 1 amide bonds. The lowest BCUT2D eigenvalue weighted by Crippen LogP contribution is -2.40. The molecule has 1 aliphatic rings. The maximum Gasteiger partial charge on any atom is 0.251 e. The van der Waals surface area contributed by atoms with Gasteiger partial charge in [0.2, 0.25) is 0 Å². The third-order valence-corrected chi connectivity index (χ3v) is 3.68. The Balaban J connectivity index is 1.92. The first-order chi connectivity index (χ1) is 9.63. The smallest absolute Gasteiger partial charge is 0.251 e. The fraction of sp³-hybridized carbons (Fsp3) is 0.562. The number of hydrogen-bond donors (Lipinski definition) is 2. The monoisotopic (exact) mass is 276 g/mol. The van der Waals surface area contributed by atoms with Crippen LogP contribution in [0, 0.1) is 6.92 Å². The van der Waals surface area contributed by atoms with E-state index in [0.717, 1.165) is 36.3 Å². The first-order valence-electron chi connectivity index (χ1n) is 7.41. The second kappa shape index (κ2) is 6.75. The van der Waals surface area contributed by atoms with Gasteiger partial charge in [0, 0.05) is 30.4 Å². The van der Waals surface area contributed by atoms with E-state index in [4.69, 9.17) is 4.74 Å². The Labute approximate surface area is 120 Å². The number of amides is 1. The summed E-state index contributed by atoms with van der Waals surface area (Å²) in [6.45, 7) is 7.43. The van der Waals surface area contributed by atoms with Crippen molar-refractivity contribution >= 4 is 11.6 Å². The van der Waals surface area contributed by atoms with E-state index in [0.29, 0.717) is 18.7 Å². The second-order valence-electron chi connectivity index (χ2n) is 5.28. The summed E-state index contributed by atoms with van der Waals surface area (Å²) in [4.78, 5) is 11.8. The summed E-state index contributed by atoms with van der Waals surface area (Å²) >= 11 is 0. The molecule has 2 rings (SSSR count). The largest absolute Gasteiger partial charge is 0.382 e. The molecule has 1 saturated carbocycles. The Kier molecular flexibility index (Phi) is 5.01. The molecule has 0 saturated heterocycles. The van der Waals surface area contributed by atoms with Crippen LogP contribution >= 0.6 is 0 Å². The molecule has 0 bridgehead atoms. The molecule has 20 heavy (non-hydrogen) atoms. The van der Waals surface area contributed by atoms with Gasteiger partial charge in [0.15, 0.2) is 0 Å². The third-order valence-electron chi connectivity index (χ3n) is 3.68. The maximum absolute atomic E-state index is 11.8. The van der Waals surface area contributed by atoms with Crippen LogP contribution in [0.4, 0.5) is 5.69 Å². The number of anilines is 1. The Morgan fingerprint density at radius 1 is 1.35 bits per heavy atom. The number of ether oxygens (including phenoxy) is 1. The Morgan fingerprint density at radius 2 is 2.10 bits per heavy atom. The molecule has 0 spiro atoms. The summed E-state index contributed by atoms with van der Waals surface area (Å²) < 4.78 is 5.56. The molecule has 2 N–H and O–H groups in total. The van der Waals surface area contributed by atoms with Crippen LogP contribution in [0.1, 0.15) is 42.6 Å². The molecule has 0 radical (unpaired) electrons. The Morgan fingerprint density at radius 3 is 2.70 bits per heavy atom. The van der Waals surface area contributed by atoms with Gasteiger partial charge in [-0.1, -0.05) is 0 Å². The molecule has 1 fully saturated rings. The molecule has 0 unspecified atom stereocenters. The minimum absolute atomic E-state index is 0.0118. The minimum atomic E-state index is -0.0118. The molecule has 0 heterocycles. The first-order valence-corrected chi connectivity index (χ1v) is 7.41. The van der Waals surface area contributed by atoms with Crippen LogP contribution in [0.25, 0.3) is 0 Å². The molecule has 1 aliphatic carbocycles. The highest BCUT2D eigenvalue weighted by atomic mass is 16.5. The fourth-order valence-corrected chi connectivity index (χ4v) is 2.50. The summed E-state index contributed by atoms with van der Waals surface area (Å²) in [5.74, 6) is -0.0118. The topological polar surface area (TPSA) is 50.4 Å². The summed E-state index contributed by atoms with van der Waals surface area (Å²) in [7, 11) is 0. The molecule has 1 aromatic carbocycles. The molecule has 110 valence electrons. The molecule has 0 aliphatic heterocycles. The summed E-state index contributed by atoms with van der Waals surface area (Å²) in [6.07, 6.45) is 2.53. The minimum Gasteiger partial charge on any atom is -0.382 e. The molecule has 0 aromatic heterocycles. The predicted octanol–water partition coefficient (Wildman–Crippen LogP) is 2.72. The van der Waals surface area contributed by atoms with Crippen molar-refractivity contribution in [1.82, 2.24) is 5.32 Å². The fourth-order valence-electron chi connectivity index (χ4n) is 2.50. The van der Waals surface area contributed by atoms with Crippen LogP contribution in [0.3, 0.4) is 0 Å². The van der Waals surface area contributed by atoms with Crippen LogP contribution in [0.15, 0.2) is 18.2 Å². The van der Waals surface area contributed by atoms with E-state index in [1.165, 1.54) is 0 Å². The van der Waals surface area contributed by atoms with E-state index in [9.17, 15) is 4.79 Å². The van der Waals surface area contributed by atoms with E-state index in [-0.39, 0.29) is 5.91 Å². The number of aryl methyl sites for hydroxylation is 1. The molecule has 1 aromatic rings. The standard InChI is InChI=1S/C16H24N2O2/c1-4-17-16(19)12-6-7-15(11(3)8-12)18-13-9-14(10-13)20-5-2/h6-8,13-14,18H,4-5,9-10H2,1-3H3,(H,17,19). The molecular formula is C16H24N2O2. The van der Waals surface area contributed by atoms with Gasteiger partial charge < -0.3 is 15.4 Å². The van der Waals surface area contributed by atoms with Crippen molar-refractivity contribution in [2.75, 3.05) is 18.5 Å². The lowest BCUT2D eigenvalue weighted by molar-refractivity contribution is 0.00298. The lowest BCUT2D eigenvalue weighted by Gasteiger charge is -2.36. The van der Waals surface area contributed by atoms with E-state index in [1.807, 2.05) is 39.0 Å². The van der Waals surface area contributed by atoms with Crippen molar-refractivity contribution in [3.63, 3.8) is 0 Å². The Hall–Kier alpha value is -1.55. The van der Waals surface area contributed by atoms with Gasteiger partial charge in [-0.3, -0.25) is 4.79 Å². The van der Waals surface area contributed by atoms with Gasteiger partial charge in [0.05, 0.1) is 6.10 Å². The lowest BCUT2D eigenvalue weighted by atomic mass is 9.88. The average molecular weight is 276 g/mol. The number of carbonyl (C=O) groups is 1. The van der Waals surface area contributed by atoms with E-state index in [2.05, 4.69) is 10.6 Å². The van der Waals surface area contributed by atoms with Gasteiger partial charge in [-0.25, -0.2) is 0 Å². The van der Waals surface area contributed by atoms with E-state index in [1.54, 1.807) is 0 Å². The first kappa shape index (κ1) is 14.9. The zero-order valence-corrected chi connectivity index (χ0v) is 12.5. The van der Waals surface area contributed by atoms with Crippen LogP contribution in [-0.4, -0.2) is 31.2 Å². The zero-order chi connectivity index (χ0) is 14.5. The van der Waals surface area contributed by atoms with E-state index >= 15 is 0 Å². The molecular weight excluding hydrogens is 252 g/mol. The predicted molar refractivity (Wildman–Crippen MR) is 81.2 cm³/mol. The summed E-state index contributed by atoms with van der Waals surface area (Å²) in [5.41, 5.74) is 2.93. The van der Waals surface area contributed by atoms with Crippen molar-refractivity contribution in [1.29, 1.82) is 0 Å². The highest BCUT2D eigenvalue weighted by Gasteiger charge is 2.29. The number of nitrogens with one attached hydrogen (secondary N) is 2. The number of benzene rings is 1. The van der Waals surface area contributed by atoms with E-state index < -0.39 is 0 Å². The van der Waals surface area contributed by atoms with Crippen LogP contribution in [0.2, 0.25) is 0 Å². The zero-order valence-electron chi connectivity index (χ0n) is 12.5. The second-order valence-corrected chi connectivity index (χ2v) is 5.28. The van der Waals surface area contributed by atoms with Crippen LogP contribution in [0.5, 0.6) is 0 Å². The highest BCUT2D eigenvalue weighted by Crippen LogP contribution is 2.28. The van der Waals surface area contributed by atoms with Gasteiger partial charge in [0.1, 0.15) is 0 Å². The van der Waals surface area contributed by atoms with Gasteiger partial charge in [0.25, 0.3) is 5.91 Å². The van der Waals surface area contributed by atoms with Crippen LogP contribution in [-0.2, 0) is 4.74 Å². The van der Waals surface area contributed by atoms with Gasteiger partial charge in [-0.15, -0.1) is 0 Å². The number of rotatable bonds is 6. The van der Waals surface area contributed by atoms with Crippen molar-refractivity contribution in [2.24, 2.45) is 0 Å². The van der Waals surface area contributed by atoms with Gasteiger partial charge >= 0.3 is 0 Å². The third kappa shape index (κ3) is 3.51. The Bertz CT molecular complexity index is 468. The molecule has 4 nitrogen and oxygen atoms in total. The summed E-state index contributed by atoms with van der Waals surface area (Å²) in [5, 5.41) is 6.34. The van der Waals surface area contributed by atoms with Gasteiger partial charge in [-0.05, 0) is 57.4 Å². The summed E-state index contributed by atoms with van der Waals surface area (Å²) in [6, 6.07) is 6.29. The van der Waals surface area contributed by atoms with Crippen molar-refractivity contribution in [3.05, 3.63) is 29.3 Å². The van der Waals surface area contributed by atoms with Crippen molar-refractivity contribution in [2.45, 2.75) is 45.8 Å². The van der Waals surface area contributed by atoms with Crippen LogP contribution < -0.4 is 10.6 Å². The number of carbonyl (C=O) groups excluding carboxylic acids is 1. The van der Waals surface area contributed by atoms with Gasteiger partial charge in [-0.2, -0.15) is 0 Å². The SMILES string of the molecule is CCNC(=O)c1ccc(NC2CC(OCC)C2)c(C)c1.